The van der Waals surface area contributed by atoms with Gasteiger partial charge in [-0.15, -0.1) is 0 Å². The first-order chi connectivity index (χ1) is 12.3. The van der Waals surface area contributed by atoms with E-state index in [0.29, 0.717) is 17.9 Å². The van der Waals surface area contributed by atoms with Gasteiger partial charge in [-0.2, -0.15) is 0 Å². The zero-order valence-corrected chi connectivity index (χ0v) is 14.1. The number of amides is 1. The Bertz CT molecular complexity index is 832. The number of anilines is 2. The third-order valence-corrected chi connectivity index (χ3v) is 3.88. The lowest BCUT2D eigenvalue weighted by molar-refractivity contribution is 0.102. The van der Waals surface area contributed by atoms with Crippen LogP contribution in [0.2, 0.25) is 0 Å². The van der Waals surface area contributed by atoms with E-state index in [0.717, 1.165) is 17.7 Å². The Balaban J connectivity index is 1.71. The molecule has 0 aliphatic rings. The lowest BCUT2D eigenvalue weighted by Gasteiger charge is -2.11. The highest BCUT2D eigenvalue weighted by Gasteiger charge is 2.12. The van der Waals surface area contributed by atoms with Crippen LogP contribution in [0.3, 0.4) is 0 Å². The van der Waals surface area contributed by atoms with Gasteiger partial charge in [0.05, 0.1) is 5.56 Å². The Morgan fingerprint density at radius 3 is 2.44 bits per heavy atom. The summed E-state index contributed by atoms with van der Waals surface area (Å²) in [6.45, 7) is 2.68. The second-order valence-corrected chi connectivity index (χ2v) is 5.61. The molecule has 2 aromatic heterocycles. The molecule has 0 bridgehead atoms. The van der Waals surface area contributed by atoms with Crippen molar-refractivity contribution in [2.24, 2.45) is 0 Å². The van der Waals surface area contributed by atoms with E-state index < -0.39 is 0 Å². The van der Waals surface area contributed by atoms with Gasteiger partial charge in [0.2, 0.25) is 0 Å². The molecule has 0 fully saturated rings. The van der Waals surface area contributed by atoms with Crippen LogP contribution in [0.25, 0.3) is 0 Å². The molecule has 3 aromatic rings. The fourth-order valence-electron chi connectivity index (χ4n) is 2.44. The van der Waals surface area contributed by atoms with E-state index in [9.17, 15) is 4.79 Å². The molecule has 1 amide bonds. The van der Waals surface area contributed by atoms with E-state index in [2.05, 4.69) is 27.5 Å². The minimum absolute atomic E-state index is 0.186. The smallest absolute Gasteiger partial charge is 0.259 e. The van der Waals surface area contributed by atoms with E-state index in [-0.39, 0.29) is 5.91 Å². The fourth-order valence-corrected chi connectivity index (χ4v) is 2.44. The maximum Gasteiger partial charge on any atom is 0.259 e. The molecular weight excluding hydrogens is 312 g/mol. The van der Waals surface area contributed by atoms with Gasteiger partial charge in [-0.25, -0.2) is 4.98 Å². The Kier molecular flexibility index (Phi) is 5.36. The molecule has 0 radical (unpaired) electrons. The molecular formula is C20H20N4O. The zero-order valence-electron chi connectivity index (χ0n) is 14.1. The van der Waals surface area contributed by atoms with Crippen LogP contribution >= 0.6 is 0 Å². The number of hydrogen-bond donors (Lipinski definition) is 2. The second-order valence-electron chi connectivity index (χ2n) is 5.61. The van der Waals surface area contributed by atoms with Gasteiger partial charge in [0.15, 0.2) is 0 Å². The van der Waals surface area contributed by atoms with Gasteiger partial charge in [0.1, 0.15) is 5.82 Å². The normalized spacial score (nSPS) is 10.3. The Hall–Kier alpha value is -3.21. The molecule has 5 nitrogen and oxygen atoms in total. The minimum Gasteiger partial charge on any atom is -0.365 e. The van der Waals surface area contributed by atoms with Crippen molar-refractivity contribution >= 4 is 17.4 Å². The predicted molar refractivity (Wildman–Crippen MR) is 99.6 cm³/mol. The van der Waals surface area contributed by atoms with Crippen molar-refractivity contribution in [1.82, 2.24) is 9.97 Å². The zero-order chi connectivity index (χ0) is 17.5. The third-order valence-electron chi connectivity index (χ3n) is 3.88. The Morgan fingerprint density at radius 1 is 0.960 bits per heavy atom. The molecule has 2 heterocycles. The minimum atomic E-state index is -0.186. The van der Waals surface area contributed by atoms with Crippen LogP contribution in [0, 0.1) is 0 Å². The molecule has 0 atom stereocenters. The number of aromatic nitrogens is 2. The van der Waals surface area contributed by atoms with Gasteiger partial charge in [0.25, 0.3) is 5.91 Å². The maximum absolute atomic E-state index is 12.6. The summed E-state index contributed by atoms with van der Waals surface area (Å²) in [5.41, 5.74) is 3.59. The molecule has 0 spiro atoms. The largest absolute Gasteiger partial charge is 0.365 e. The average molecular weight is 332 g/mol. The fraction of sp³-hybridized carbons (Fsp3) is 0.150. The third kappa shape index (κ3) is 4.41. The van der Waals surface area contributed by atoms with Gasteiger partial charge in [-0.05, 0) is 53.9 Å². The van der Waals surface area contributed by atoms with Crippen molar-refractivity contribution in [3.05, 3.63) is 83.8 Å². The average Bonchev–Trinajstić information content (AvgIpc) is 2.68. The van der Waals surface area contributed by atoms with E-state index in [4.69, 9.17) is 0 Å². The van der Waals surface area contributed by atoms with Crippen molar-refractivity contribution in [2.45, 2.75) is 19.9 Å². The molecule has 1 aromatic carbocycles. The van der Waals surface area contributed by atoms with Crippen molar-refractivity contribution in [1.29, 1.82) is 0 Å². The van der Waals surface area contributed by atoms with Crippen molar-refractivity contribution in [3.8, 4) is 0 Å². The highest BCUT2D eigenvalue weighted by Crippen LogP contribution is 2.16. The number of benzene rings is 1. The topological polar surface area (TPSA) is 66.9 Å². The summed E-state index contributed by atoms with van der Waals surface area (Å²) in [7, 11) is 0. The molecule has 0 unspecified atom stereocenters. The second kappa shape index (κ2) is 8.06. The monoisotopic (exact) mass is 332 g/mol. The Labute approximate surface area is 147 Å². The van der Waals surface area contributed by atoms with Crippen molar-refractivity contribution in [2.75, 3.05) is 10.6 Å². The molecule has 5 heteroatoms. The number of pyridine rings is 2. The molecule has 3 rings (SSSR count). The molecule has 2 N–H and O–H groups in total. The van der Waals surface area contributed by atoms with Crippen LogP contribution in [0.1, 0.15) is 28.4 Å². The number of hydrogen-bond acceptors (Lipinski definition) is 4. The highest BCUT2D eigenvalue weighted by molar-refractivity contribution is 6.07. The summed E-state index contributed by atoms with van der Waals surface area (Å²) in [4.78, 5) is 20.9. The van der Waals surface area contributed by atoms with Gasteiger partial charge < -0.3 is 10.6 Å². The van der Waals surface area contributed by atoms with Gasteiger partial charge in [-0.1, -0.05) is 19.1 Å². The summed E-state index contributed by atoms with van der Waals surface area (Å²) in [6, 6.07) is 15.2. The SMILES string of the molecule is CCc1ccc(NC(=O)c2cccnc2NCc2ccncc2)cc1. The van der Waals surface area contributed by atoms with E-state index in [1.54, 1.807) is 30.7 Å². The van der Waals surface area contributed by atoms with Crippen LogP contribution in [0.5, 0.6) is 0 Å². The lowest BCUT2D eigenvalue weighted by Crippen LogP contribution is -2.15. The molecule has 0 aliphatic carbocycles. The number of nitrogens with zero attached hydrogens (tertiary/aromatic N) is 2. The summed E-state index contributed by atoms with van der Waals surface area (Å²) in [6.07, 6.45) is 6.12. The van der Waals surface area contributed by atoms with Crippen LogP contribution < -0.4 is 10.6 Å². The van der Waals surface area contributed by atoms with Crippen molar-refractivity contribution < 1.29 is 4.79 Å². The maximum atomic E-state index is 12.6. The summed E-state index contributed by atoms with van der Waals surface area (Å²) < 4.78 is 0. The molecule has 0 saturated heterocycles. The van der Waals surface area contributed by atoms with E-state index in [1.165, 1.54) is 5.56 Å². The summed E-state index contributed by atoms with van der Waals surface area (Å²) >= 11 is 0. The predicted octanol–water partition coefficient (Wildman–Crippen LogP) is 3.90. The molecule has 0 aliphatic heterocycles. The van der Waals surface area contributed by atoms with Gasteiger partial charge >= 0.3 is 0 Å². The standard InChI is InChI=1S/C20H20N4O/c1-2-15-5-7-17(8-6-15)24-20(25)18-4-3-11-22-19(18)23-14-16-9-12-21-13-10-16/h3-13H,2,14H2,1H3,(H,22,23)(H,24,25). The van der Waals surface area contributed by atoms with Crippen LogP contribution in [0.4, 0.5) is 11.5 Å². The first-order valence-electron chi connectivity index (χ1n) is 8.24. The van der Waals surface area contributed by atoms with Crippen LogP contribution in [-0.4, -0.2) is 15.9 Å². The first kappa shape index (κ1) is 16.6. The highest BCUT2D eigenvalue weighted by atomic mass is 16.1. The van der Waals surface area contributed by atoms with Crippen molar-refractivity contribution in [3.63, 3.8) is 0 Å². The first-order valence-corrected chi connectivity index (χ1v) is 8.24. The number of carbonyl (C=O) groups excluding carboxylic acids is 1. The number of nitrogens with one attached hydrogen (secondary N) is 2. The Morgan fingerprint density at radius 2 is 1.72 bits per heavy atom. The quantitative estimate of drug-likeness (QED) is 0.718. The number of carbonyl (C=O) groups is 1. The molecule has 25 heavy (non-hydrogen) atoms. The molecule has 0 saturated carbocycles. The van der Waals surface area contributed by atoms with E-state index in [1.807, 2.05) is 36.4 Å². The summed E-state index contributed by atoms with van der Waals surface area (Å²) in [5.74, 6) is 0.372. The van der Waals surface area contributed by atoms with E-state index >= 15 is 0 Å². The van der Waals surface area contributed by atoms with Crippen LogP contribution in [-0.2, 0) is 13.0 Å². The van der Waals surface area contributed by atoms with Gasteiger partial charge in [-0.3, -0.25) is 9.78 Å². The lowest BCUT2D eigenvalue weighted by atomic mass is 10.1. The van der Waals surface area contributed by atoms with Crippen LogP contribution in [0.15, 0.2) is 67.1 Å². The number of rotatable bonds is 6. The molecule has 126 valence electrons. The summed E-state index contributed by atoms with van der Waals surface area (Å²) in [5, 5.41) is 6.13. The van der Waals surface area contributed by atoms with Gasteiger partial charge in [0, 0.05) is 30.8 Å². The number of aryl methyl sites for hydroxylation is 1.